The number of thioether (sulfide) groups is 1. The van der Waals surface area contributed by atoms with E-state index in [2.05, 4.69) is 39.4 Å². The predicted octanol–water partition coefficient (Wildman–Crippen LogP) is 2.04. The summed E-state index contributed by atoms with van der Waals surface area (Å²) in [6.07, 6.45) is 3.42. The van der Waals surface area contributed by atoms with E-state index in [0.717, 1.165) is 18.0 Å². The minimum atomic E-state index is 0.392. The molecule has 1 unspecified atom stereocenters. The number of rotatable bonds is 2. The number of nitrogens with one attached hydrogen (secondary N) is 1. The fourth-order valence-corrected chi connectivity index (χ4v) is 3.27. The van der Waals surface area contributed by atoms with Crippen LogP contribution in [0, 0.1) is 0 Å². The van der Waals surface area contributed by atoms with Crippen molar-refractivity contribution < 1.29 is 0 Å². The minimum Gasteiger partial charge on any atom is -0.368 e. The number of nitrogen functional groups attached to an aromatic ring is 1. The summed E-state index contributed by atoms with van der Waals surface area (Å²) in [6.45, 7) is 0. The number of anilines is 1. The third kappa shape index (κ3) is 2.29. The summed E-state index contributed by atoms with van der Waals surface area (Å²) in [5, 5.41) is 8.05. The number of fused-ring (bicyclic) bond motifs is 1. The number of hydrogen-bond donors (Lipinski definition) is 2. The normalized spacial score (nSPS) is 18.9. The van der Waals surface area contributed by atoms with Gasteiger partial charge < -0.3 is 5.73 Å². The number of aromatic nitrogens is 3. The second-order valence-electron chi connectivity index (χ2n) is 4.25. The highest BCUT2D eigenvalue weighted by Gasteiger charge is 2.20. The molecule has 88 valence electrons. The van der Waals surface area contributed by atoms with Crippen LogP contribution in [0.5, 0.6) is 0 Å². The Morgan fingerprint density at radius 2 is 2.12 bits per heavy atom. The molecule has 0 saturated carbocycles. The van der Waals surface area contributed by atoms with E-state index in [9.17, 15) is 0 Å². The van der Waals surface area contributed by atoms with Gasteiger partial charge in [0.2, 0.25) is 11.1 Å². The first kappa shape index (κ1) is 10.7. The van der Waals surface area contributed by atoms with Gasteiger partial charge in [0.25, 0.3) is 0 Å². The van der Waals surface area contributed by atoms with Crippen molar-refractivity contribution in [2.45, 2.75) is 29.7 Å². The molecule has 2 aromatic rings. The van der Waals surface area contributed by atoms with Crippen LogP contribution in [0.15, 0.2) is 29.4 Å². The van der Waals surface area contributed by atoms with E-state index in [0.29, 0.717) is 11.2 Å². The first-order valence-corrected chi connectivity index (χ1v) is 6.60. The third-order valence-electron chi connectivity index (χ3n) is 3.06. The molecule has 0 amide bonds. The highest BCUT2D eigenvalue weighted by molar-refractivity contribution is 7.99. The largest absolute Gasteiger partial charge is 0.368 e. The van der Waals surface area contributed by atoms with E-state index in [1.165, 1.54) is 17.5 Å². The Labute approximate surface area is 104 Å². The molecule has 0 radical (unpaired) electrons. The van der Waals surface area contributed by atoms with Gasteiger partial charge in [0.05, 0.1) is 0 Å². The molecule has 17 heavy (non-hydrogen) atoms. The van der Waals surface area contributed by atoms with Gasteiger partial charge in [0.1, 0.15) is 0 Å². The van der Waals surface area contributed by atoms with Gasteiger partial charge in [-0.15, -0.1) is 5.10 Å². The Balaban J connectivity index is 1.72. The zero-order valence-electron chi connectivity index (χ0n) is 9.39. The van der Waals surface area contributed by atoms with Crippen molar-refractivity contribution in [3.63, 3.8) is 0 Å². The fourth-order valence-electron chi connectivity index (χ4n) is 2.22. The van der Waals surface area contributed by atoms with Gasteiger partial charge in [-0.25, -0.2) is 5.10 Å². The Bertz CT molecular complexity index is 523. The molecule has 0 bridgehead atoms. The standard InChI is InChI=1S/C12H14N4S/c13-11-14-12(16-15-11)17-10-6-5-8-3-1-2-4-9(8)7-10/h1-4,10H,5-7H2,(H3,13,14,15,16). The van der Waals surface area contributed by atoms with Gasteiger partial charge >= 0.3 is 0 Å². The molecule has 5 heteroatoms. The van der Waals surface area contributed by atoms with E-state index in [-0.39, 0.29) is 0 Å². The molecule has 0 aliphatic heterocycles. The van der Waals surface area contributed by atoms with Crippen molar-refractivity contribution >= 4 is 17.7 Å². The molecule has 0 spiro atoms. The molecule has 3 rings (SSSR count). The number of aryl methyl sites for hydroxylation is 1. The number of hydrogen-bond acceptors (Lipinski definition) is 4. The van der Waals surface area contributed by atoms with Crippen LogP contribution in [-0.4, -0.2) is 20.4 Å². The smallest absolute Gasteiger partial charge is 0.216 e. The molecular formula is C12H14N4S. The lowest BCUT2D eigenvalue weighted by Crippen LogP contribution is -2.16. The van der Waals surface area contributed by atoms with E-state index >= 15 is 0 Å². The monoisotopic (exact) mass is 246 g/mol. The number of nitrogens with two attached hydrogens (primary N) is 1. The molecule has 4 nitrogen and oxygen atoms in total. The Hall–Kier alpha value is -1.49. The van der Waals surface area contributed by atoms with Crippen LogP contribution < -0.4 is 5.73 Å². The molecule has 1 aromatic carbocycles. The summed E-state index contributed by atoms with van der Waals surface area (Å²) in [7, 11) is 0. The van der Waals surface area contributed by atoms with Gasteiger partial charge in [-0.3, -0.25) is 0 Å². The van der Waals surface area contributed by atoms with Crippen molar-refractivity contribution in [1.29, 1.82) is 0 Å². The van der Waals surface area contributed by atoms with Crippen molar-refractivity contribution in [2.24, 2.45) is 0 Å². The van der Waals surface area contributed by atoms with Crippen molar-refractivity contribution in [3.8, 4) is 0 Å². The van der Waals surface area contributed by atoms with Crippen molar-refractivity contribution in [2.75, 3.05) is 5.73 Å². The van der Waals surface area contributed by atoms with E-state index in [1.807, 2.05) is 0 Å². The SMILES string of the molecule is Nc1nc(SC2CCc3ccccc3C2)n[nH]1. The molecule has 0 fully saturated rings. The summed E-state index contributed by atoms with van der Waals surface area (Å²) in [4.78, 5) is 4.13. The predicted molar refractivity (Wildman–Crippen MR) is 68.9 cm³/mol. The number of aromatic amines is 1. The van der Waals surface area contributed by atoms with Crippen LogP contribution in [0.3, 0.4) is 0 Å². The summed E-state index contributed by atoms with van der Waals surface area (Å²) in [6, 6.07) is 8.66. The van der Waals surface area contributed by atoms with E-state index < -0.39 is 0 Å². The van der Waals surface area contributed by atoms with Crippen LogP contribution in [0.1, 0.15) is 17.5 Å². The first-order valence-electron chi connectivity index (χ1n) is 5.72. The Kier molecular flexibility index (Phi) is 2.76. The summed E-state index contributed by atoms with van der Waals surface area (Å²) in [5.41, 5.74) is 8.46. The highest BCUT2D eigenvalue weighted by atomic mass is 32.2. The lowest BCUT2D eigenvalue weighted by molar-refractivity contribution is 0.699. The van der Waals surface area contributed by atoms with Crippen LogP contribution in [0.2, 0.25) is 0 Å². The minimum absolute atomic E-state index is 0.392. The van der Waals surface area contributed by atoms with Crippen molar-refractivity contribution in [3.05, 3.63) is 35.4 Å². The number of benzene rings is 1. The molecule has 1 heterocycles. The molecule has 1 aliphatic rings. The van der Waals surface area contributed by atoms with Gasteiger partial charge in [-0.2, -0.15) is 4.98 Å². The van der Waals surface area contributed by atoms with Crippen LogP contribution in [0.4, 0.5) is 5.95 Å². The molecule has 3 N–H and O–H groups in total. The number of H-pyrrole nitrogens is 1. The molecule has 1 aromatic heterocycles. The second kappa shape index (κ2) is 4.41. The lowest BCUT2D eigenvalue weighted by atomic mass is 9.92. The Morgan fingerprint density at radius 3 is 2.88 bits per heavy atom. The third-order valence-corrected chi connectivity index (χ3v) is 4.18. The van der Waals surface area contributed by atoms with Crippen LogP contribution in [0.25, 0.3) is 0 Å². The summed E-state index contributed by atoms with van der Waals surface area (Å²) in [5.74, 6) is 0.392. The molecule has 1 atom stereocenters. The maximum atomic E-state index is 5.52. The summed E-state index contributed by atoms with van der Waals surface area (Å²) >= 11 is 1.72. The molecule has 0 saturated heterocycles. The van der Waals surface area contributed by atoms with Crippen molar-refractivity contribution in [1.82, 2.24) is 15.2 Å². The van der Waals surface area contributed by atoms with Crippen LogP contribution in [-0.2, 0) is 12.8 Å². The average molecular weight is 246 g/mol. The van der Waals surface area contributed by atoms with Gasteiger partial charge in [-0.05, 0) is 30.4 Å². The fraction of sp³-hybridized carbons (Fsp3) is 0.333. The van der Waals surface area contributed by atoms with Gasteiger partial charge in [0, 0.05) is 5.25 Å². The second-order valence-corrected chi connectivity index (χ2v) is 5.52. The topological polar surface area (TPSA) is 67.6 Å². The van der Waals surface area contributed by atoms with E-state index in [4.69, 9.17) is 5.73 Å². The quantitative estimate of drug-likeness (QED) is 0.851. The highest BCUT2D eigenvalue weighted by Crippen LogP contribution is 2.31. The Morgan fingerprint density at radius 1 is 1.29 bits per heavy atom. The maximum absolute atomic E-state index is 5.52. The zero-order chi connectivity index (χ0) is 11.7. The number of nitrogens with zero attached hydrogens (tertiary/aromatic N) is 2. The maximum Gasteiger partial charge on any atom is 0.216 e. The summed E-state index contributed by atoms with van der Waals surface area (Å²) < 4.78 is 0. The molecule has 1 aliphatic carbocycles. The van der Waals surface area contributed by atoms with Gasteiger partial charge in [-0.1, -0.05) is 36.0 Å². The van der Waals surface area contributed by atoms with E-state index in [1.54, 1.807) is 11.8 Å². The van der Waals surface area contributed by atoms with Gasteiger partial charge in [0.15, 0.2) is 0 Å². The first-order chi connectivity index (χ1) is 8.31. The van der Waals surface area contributed by atoms with Crippen LogP contribution >= 0.6 is 11.8 Å². The average Bonchev–Trinajstić information content (AvgIpc) is 2.75. The zero-order valence-corrected chi connectivity index (χ0v) is 10.2. The lowest BCUT2D eigenvalue weighted by Gasteiger charge is -2.22. The molecular weight excluding hydrogens is 232 g/mol.